The molecule has 0 saturated heterocycles. The second-order valence-electron chi connectivity index (χ2n) is 8.54. The average molecular weight is 489 g/mol. The maximum Gasteiger partial charge on any atom is 0.355 e. The lowest BCUT2D eigenvalue weighted by molar-refractivity contribution is -0.139. The summed E-state index contributed by atoms with van der Waals surface area (Å²) < 4.78 is 19.1. The fraction of sp³-hybridized carbons (Fsp3) is 0.250. The standard InChI is InChI=1S/C28H28N2O6/c1-18-13-23(19(2)30(18)15-22-16-34-26-11-7-8-12-27(26)36-22)25(32)17-35-28(33)24(29-20(3)31)14-21-9-5-4-6-10-21/h4-14,22H,15-17H2,1-3H3,(H,29,31)/b24-14+. The number of carbonyl (C=O) groups is 3. The van der Waals surface area contributed by atoms with Crippen molar-refractivity contribution in [1.29, 1.82) is 0 Å². The number of Topliss-reactive ketones (excluding diaryl/α,β-unsaturated/α-hetero) is 1. The summed E-state index contributed by atoms with van der Waals surface area (Å²) in [6, 6.07) is 18.3. The summed E-state index contributed by atoms with van der Waals surface area (Å²) in [5, 5.41) is 2.48. The van der Waals surface area contributed by atoms with Gasteiger partial charge in [0.25, 0.3) is 0 Å². The van der Waals surface area contributed by atoms with Crippen LogP contribution in [-0.4, -0.2) is 41.5 Å². The molecule has 4 rings (SSSR count). The highest BCUT2D eigenvalue weighted by Gasteiger charge is 2.24. The number of ether oxygens (including phenoxy) is 3. The topological polar surface area (TPSA) is 95.9 Å². The lowest BCUT2D eigenvalue weighted by Crippen LogP contribution is -2.33. The molecule has 1 aliphatic heterocycles. The van der Waals surface area contributed by atoms with Crippen LogP contribution in [0.25, 0.3) is 6.08 Å². The van der Waals surface area contributed by atoms with E-state index in [0.29, 0.717) is 35.8 Å². The van der Waals surface area contributed by atoms with Crippen molar-refractivity contribution in [3.05, 3.63) is 88.9 Å². The minimum absolute atomic E-state index is 0.0401. The number of hydrogen-bond donors (Lipinski definition) is 1. The Bertz CT molecular complexity index is 1310. The van der Waals surface area contributed by atoms with Crippen LogP contribution in [0, 0.1) is 13.8 Å². The van der Waals surface area contributed by atoms with Gasteiger partial charge in [0.15, 0.2) is 24.2 Å². The van der Waals surface area contributed by atoms with Crippen LogP contribution >= 0.6 is 0 Å². The van der Waals surface area contributed by atoms with Crippen LogP contribution in [0.15, 0.2) is 66.4 Å². The Balaban J connectivity index is 1.42. The molecule has 1 N–H and O–H groups in total. The third kappa shape index (κ3) is 5.83. The number of aromatic nitrogens is 1. The molecule has 2 aromatic carbocycles. The molecule has 0 spiro atoms. The summed E-state index contributed by atoms with van der Waals surface area (Å²) in [5.74, 6) is -0.135. The second-order valence-corrected chi connectivity index (χ2v) is 8.54. The van der Waals surface area contributed by atoms with E-state index in [-0.39, 0.29) is 17.6 Å². The largest absolute Gasteiger partial charge is 0.486 e. The molecule has 8 nitrogen and oxygen atoms in total. The van der Waals surface area contributed by atoms with Crippen LogP contribution in [0.2, 0.25) is 0 Å². The Kier molecular flexibility index (Phi) is 7.53. The number of ketones is 1. The lowest BCUT2D eigenvalue weighted by Gasteiger charge is -2.27. The van der Waals surface area contributed by atoms with E-state index in [1.165, 1.54) is 13.0 Å². The molecule has 1 amide bonds. The van der Waals surface area contributed by atoms with Crippen LogP contribution in [0.4, 0.5) is 0 Å². The maximum absolute atomic E-state index is 12.9. The molecule has 1 atom stereocenters. The first-order chi connectivity index (χ1) is 17.3. The van der Waals surface area contributed by atoms with Crippen LogP contribution in [0.1, 0.15) is 34.2 Å². The normalized spacial score (nSPS) is 14.8. The fourth-order valence-corrected chi connectivity index (χ4v) is 4.06. The van der Waals surface area contributed by atoms with Gasteiger partial charge in [-0.2, -0.15) is 0 Å². The fourth-order valence-electron chi connectivity index (χ4n) is 4.06. The van der Waals surface area contributed by atoms with E-state index < -0.39 is 18.5 Å². The van der Waals surface area contributed by atoms with Gasteiger partial charge in [-0.15, -0.1) is 0 Å². The molecule has 3 aromatic rings. The zero-order valence-corrected chi connectivity index (χ0v) is 20.4. The molecule has 1 unspecified atom stereocenters. The van der Waals surface area contributed by atoms with E-state index >= 15 is 0 Å². The van der Waals surface area contributed by atoms with Gasteiger partial charge in [-0.25, -0.2) is 4.79 Å². The van der Waals surface area contributed by atoms with E-state index in [1.807, 2.05) is 60.9 Å². The van der Waals surface area contributed by atoms with Crippen molar-refractivity contribution in [3.63, 3.8) is 0 Å². The molecule has 186 valence electrons. The summed E-state index contributed by atoms with van der Waals surface area (Å²) in [6.07, 6.45) is 1.29. The monoisotopic (exact) mass is 488 g/mol. The number of esters is 1. The summed E-state index contributed by atoms with van der Waals surface area (Å²) in [5.41, 5.74) is 2.77. The Hall–Kier alpha value is -4.33. The predicted molar refractivity (Wildman–Crippen MR) is 134 cm³/mol. The first-order valence-corrected chi connectivity index (χ1v) is 11.6. The Morgan fingerprint density at radius 3 is 2.47 bits per heavy atom. The van der Waals surface area contributed by atoms with Crippen molar-refractivity contribution in [1.82, 2.24) is 9.88 Å². The number of amides is 1. The summed E-state index contributed by atoms with van der Waals surface area (Å²) in [7, 11) is 0. The number of nitrogens with one attached hydrogen (secondary N) is 1. The minimum atomic E-state index is -0.789. The van der Waals surface area contributed by atoms with Gasteiger partial charge < -0.3 is 24.1 Å². The number of aryl methyl sites for hydroxylation is 1. The minimum Gasteiger partial charge on any atom is -0.486 e. The van der Waals surface area contributed by atoms with E-state index in [0.717, 1.165) is 11.4 Å². The SMILES string of the molecule is CC(=O)N/C(=C/c1ccccc1)C(=O)OCC(=O)c1cc(C)n(CC2COc3ccccc3O2)c1C. The van der Waals surface area contributed by atoms with Crippen LogP contribution in [-0.2, 0) is 20.9 Å². The highest BCUT2D eigenvalue weighted by atomic mass is 16.6. The number of nitrogens with zero attached hydrogens (tertiary/aromatic N) is 1. The van der Waals surface area contributed by atoms with Crippen LogP contribution in [0.3, 0.4) is 0 Å². The number of carbonyl (C=O) groups excluding carboxylic acids is 3. The molecular formula is C28H28N2O6. The van der Waals surface area contributed by atoms with Crippen molar-refractivity contribution < 1.29 is 28.6 Å². The van der Waals surface area contributed by atoms with Crippen LogP contribution in [0.5, 0.6) is 11.5 Å². The second kappa shape index (κ2) is 10.9. The third-order valence-corrected chi connectivity index (χ3v) is 5.80. The predicted octanol–water partition coefficient (Wildman–Crippen LogP) is 3.85. The number of hydrogen-bond acceptors (Lipinski definition) is 6. The van der Waals surface area contributed by atoms with Gasteiger partial charge in [-0.1, -0.05) is 42.5 Å². The Morgan fingerprint density at radius 2 is 1.75 bits per heavy atom. The first-order valence-electron chi connectivity index (χ1n) is 11.6. The highest BCUT2D eigenvalue weighted by Crippen LogP contribution is 2.31. The molecule has 2 heterocycles. The molecule has 0 bridgehead atoms. The van der Waals surface area contributed by atoms with Crippen molar-refractivity contribution in [2.45, 2.75) is 33.4 Å². The molecule has 0 fully saturated rings. The third-order valence-electron chi connectivity index (χ3n) is 5.80. The Labute approximate surface area is 209 Å². The van der Waals surface area contributed by atoms with Gasteiger partial charge >= 0.3 is 5.97 Å². The zero-order valence-electron chi connectivity index (χ0n) is 20.4. The van der Waals surface area contributed by atoms with E-state index in [4.69, 9.17) is 14.2 Å². The van der Waals surface area contributed by atoms with Gasteiger partial charge in [-0.3, -0.25) is 9.59 Å². The van der Waals surface area contributed by atoms with Gasteiger partial charge in [0.05, 0.1) is 6.54 Å². The molecule has 1 aromatic heterocycles. The van der Waals surface area contributed by atoms with Crippen LogP contribution < -0.4 is 14.8 Å². The molecule has 0 radical (unpaired) electrons. The molecule has 1 aliphatic rings. The van der Waals surface area contributed by atoms with E-state index in [1.54, 1.807) is 18.2 Å². The molecular weight excluding hydrogens is 460 g/mol. The maximum atomic E-state index is 12.9. The summed E-state index contributed by atoms with van der Waals surface area (Å²) >= 11 is 0. The summed E-state index contributed by atoms with van der Waals surface area (Å²) in [4.78, 5) is 37.2. The molecule has 8 heteroatoms. The van der Waals surface area contributed by atoms with Gasteiger partial charge in [0.2, 0.25) is 11.7 Å². The number of benzene rings is 2. The van der Waals surface area contributed by atoms with Gasteiger partial charge in [0, 0.05) is 23.9 Å². The highest BCUT2D eigenvalue weighted by molar-refractivity contribution is 6.02. The number of rotatable bonds is 8. The van der Waals surface area contributed by atoms with Crippen molar-refractivity contribution in [2.75, 3.05) is 13.2 Å². The molecule has 0 aliphatic carbocycles. The number of para-hydroxylation sites is 2. The van der Waals surface area contributed by atoms with Gasteiger partial charge in [0.1, 0.15) is 12.3 Å². The van der Waals surface area contributed by atoms with E-state index in [2.05, 4.69) is 5.32 Å². The van der Waals surface area contributed by atoms with E-state index in [9.17, 15) is 14.4 Å². The zero-order chi connectivity index (χ0) is 25.7. The van der Waals surface area contributed by atoms with Gasteiger partial charge in [-0.05, 0) is 43.7 Å². The Morgan fingerprint density at radius 1 is 1.06 bits per heavy atom. The number of fused-ring (bicyclic) bond motifs is 1. The smallest absolute Gasteiger partial charge is 0.355 e. The summed E-state index contributed by atoms with van der Waals surface area (Å²) in [6.45, 7) is 5.50. The molecule has 36 heavy (non-hydrogen) atoms. The quantitative estimate of drug-likeness (QED) is 0.294. The van der Waals surface area contributed by atoms with Crippen molar-refractivity contribution >= 4 is 23.7 Å². The van der Waals surface area contributed by atoms with Crippen molar-refractivity contribution in [2.24, 2.45) is 0 Å². The molecule has 0 saturated carbocycles. The first kappa shape index (κ1) is 24.8. The average Bonchev–Trinajstić information content (AvgIpc) is 3.15. The lowest BCUT2D eigenvalue weighted by atomic mass is 10.1. The van der Waals surface area contributed by atoms with Crippen molar-refractivity contribution in [3.8, 4) is 11.5 Å².